The maximum absolute atomic E-state index is 12.5. The van der Waals surface area contributed by atoms with Gasteiger partial charge in [-0.3, -0.25) is 4.79 Å². The second kappa shape index (κ2) is 6.79. The van der Waals surface area contributed by atoms with Gasteiger partial charge in [0.15, 0.2) is 0 Å². The van der Waals surface area contributed by atoms with Crippen molar-refractivity contribution in [2.24, 2.45) is 5.92 Å². The van der Waals surface area contributed by atoms with E-state index in [9.17, 15) is 4.79 Å². The number of amides is 1. The van der Waals surface area contributed by atoms with E-state index in [2.05, 4.69) is 12.2 Å². The quantitative estimate of drug-likeness (QED) is 0.928. The van der Waals surface area contributed by atoms with Crippen LogP contribution in [0.15, 0.2) is 18.2 Å². The Kier molecular flexibility index (Phi) is 5.30. The number of carbonyl (C=O) groups is 1. The van der Waals surface area contributed by atoms with Crippen molar-refractivity contribution >= 4 is 29.1 Å². The van der Waals surface area contributed by atoms with Gasteiger partial charge in [-0.25, -0.2) is 0 Å². The minimum atomic E-state index is 0.117. The van der Waals surface area contributed by atoms with Gasteiger partial charge in [-0.1, -0.05) is 23.2 Å². The molecule has 2 atom stereocenters. The summed E-state index contributed by atoms with van der Waals surface area (Å²) in [5, 5.41) is 4.57. The fraction of sp³-hybridized carbons (Fsp3) is 0.533. The molecule has 1 amide bonds. The molecule has 0 saturated carbocycles. The van der Waals surface area contributed by atoms with Crippen molar-refractivity contribution in [3.05, 3.63) is 33.8 Å². The summed E-state index contributed by atoms with van der Waals surface area (Å²) in [4.78, 5) is 14.2. The molecule has 0 spiro atoms. The fourth-order valence-corrected chi connectivity index (χ4v) is 3.29. The third kappa shape index (κ3) is 4.11. The molecule has 2 rings (SSSR count). The van der Waals surface area contributed by atoms with E-state index in [1.54, 1.807) is 11.0 Å². The summed E-state index contributed by atoms with van der Waals surface area (Å²) in [6.07, 6.45) is 1.81. The standard InChI is InChI=1S/C15H20Cl2N2O/c1-10-5-12(3-4-18-10)15(20)19(2)9-11-6-13(16)8-14(17)7-11/h6-8,10,12,18H,3-5,9H2,1-2H3/t10-,12-/m0/s1. The SMILES string of the molecule is C[C@H]1C[C@@H](C(=O)N(C)Cc2cc(Cl)cc(Cl)c2)CCN1. The molecule has 1 fully saturated rings. The highest BCUT2D eigenvalue weighted by Crippen LogP contribution is 2.22. The Bertz CT molecular complexity index is 473. The average molecular weight is 315 g/mol. The first-order valence-electron chi connectivity index (χ1n) is 6.89. The molecule has 0 unspecified atom stereocenters. The second-order valence-electron chi connectivity index (χ2n) is 5.55. The number of halogens is 2. The molecule has 0 aromatic heterocycles. The third-order valence-corrected chi connectivity index (χ3v) is 4.13. The van der Waals surface area contributed by atoms with Crippen molar-refractivity contribution in [2.75, 3.05) is 13.6 Å². The summed E-state index contributed by atoms with van der Waals surface area (Å²) in [6, 6.07) is 5.81. The molecule has 1 aromatic rings. The smallest absolute Gasteiger partial charge is 0.225 e. The van der Waals surface area contributed by atoms with Gasteiger partial charge in [0.2, 0.25) is 5.91 Å². The summed E-state index contributed by atoms with van der Waals surface area (Å²) in [5.74, 6) is 0.320. The third-order valence-electron chi connectivity index (χ3n) is 3.69. The van der Waals surface area contributed by atoms with E-state index in [4.69, 9.17) is 23.2 Å². The molecule has 20 heavy (non-hydrogen) atoms. The average Bonchev–Trinajstić information content (AvgIpc) is 2.36. The Morgan fingerprint density at radius 1 is 1.35 bits per heavy atom. The van der Waals surface area contributed by atoms with Crippen LogP contribution in [0.1, 0.15) is 25.3 Å². The molecule has 3 nitrogen and oxygen atoms in total. The van der Waals surface area contributed by atoms with Crippen LogP contribution in [0.4, 0.5) is 0 Å². The summed E-state index contributed by atoms with van der Waals surface area (Å²) in [6.45, 7) is 3.57. The highest BCUT2D eigenvalue weighted by molar-refractivity contribution is 6.34. The minimum Gasteiger partial charge on any atom is -0.341 e. The van der Waals surface area contributed by atoms with Gasteiger partial charge >= 0.3 is 0 Å². The molecule has 1 aliphatic rings. The number of hydrogen-bond acceptors (Lipinski definition) is 2. The molecule has 1 aromatic carbocycles. The summed E-state index contributed by atoms with van der Waals surface area (Å²) in [5.41, 5.74) is 0.959. The van der Waals surface area contributed by atoms with Gasteiger partial charge in [-0.15, -0.1) is 0 Å². The number of nitrogens with zero attached hydrogens (tertiary/aromatic N) is 1. The van der Waals surface area contributed by atoms with Crippen LogP contribution in [-0.2, 0) is 11.3 Å². The topological polar surface area (TPSA) is 32.3 Å². The summed E-state index contributed by atoms with van der Waals surface area (Å²) >= 11 is 12.0. The van der Waals surface area contributed by atoms with E-state index in [1.807, 2.05) is 19.2 Å². The zero-order valence-corrected chi connectivity index (χ0v) is 13.3. The number of nitrogens with one attached hydrogen (secondary N) is 1. The van der Waals surface area contributed by atoms with Gasteiger partial charge in [-0.2, -0.15) is 0 Å². The first-order chi connectivity index (χ1) is 9.45. The minimum absolute atomic E-state index is 0.117. The van der Waals surface area contributed by atoms with Gasteiger partial charge in [0.05, 0.1) is 0 Å². The van der Waals surface area contributed by atoms with E-state index in [1.165, 1.54) is 0 Å². The molecule has 110 valence electrons. The van der Waals surface area contributed by atoms with Gasteiger partial charge in [0.1, 0.15) is 0 Å². The molecule has 1 N–H and O–H groups in total. The van der Waals surface area contributed by atoms with Gasteiger partial charge in [0.25, 0.3) is 0 Å². The maximum Gasteiger partial charge on any atom is 0.225 e. The first-order valence-corrected chi connectivity index (χ1v) is 7.64. The highest BCUT2D eigenvalue weighted by Gasteiger charge is 2.27. The lowest BCUT2D eigenvalue weighted by Crippen LogP contribution is -2.42. The van der Waals surface area contributed by atoms with Crippen LogP contribution < -0.4 is 5.32 Å². The number of piperidine rings is 1. The Hall–Kier alpha value is -0.770. The molecule has 1 heterocycles. The predicted molar refractivity (Wildman–Crippen MR) is 83.1 cm³/mol. The Labute approximate surface area is 130 Å². The highest BCUT2D eigenvalue weighted by atomic mass is 35.5. The van der Waals surface area contributed by atoms with Crippen molar-refractivity contribution in [3.8, 4) is 0 Å². The lowest BCUT2D eigenvalue weighted by atomic mass is 9.92. The van der Waals surface area contributed by atoms with E-state index in [0.29, 0.717) is 22.6 Å². The van der Waals surface area contributed by atoms with Crippen molar-refractivity contribution in [3.63, 3.8) is 0 Å². The van der Waals surface area contributed by atoms with E-state index >= 15 is 0 Å². The number of rotatable bonds is 3. The Morgan fingerprint density at radius 2 is 2.00 bits per heavy atom. The largest absolute Gasteiger partial charge is 0.341 e. The molecular weight excluding hydrogens is 295 g/mol. The molecular formula is C15H20Cl2N2O. The molecule has 1 aliphatic heterocycles. The van der Waals surface area contributed by atoms with Crippen LogP contribution in [0.2, 0.25) is 10.0 Å². The first kappa shape index (κ1) is 15.6. The van der Waals surface area contributed by atoms with Crippen molar-refractivity contribution < 1.29 is 4.79 Å². The number of carbonyl (C=O) groups excluding carboxylic acids is 1. The molecule has 0 bridgehead atoms. The summed E-state index contributed by atoms with van der Waals surface area (Å²) < 4.78 is 0. The zero-order valence-electron chi connectivity index (χ0n) is 11.8. The molecule has 0 aliphatic carbocycles. The second-order valence-corrected chi connectivity index (χ2v) is 6.42. The lowest BCUT2D eigenvalue weighted by molar-refractivity contribution is -0.135. The Morgan fingerprint density at radius 3 is 2.60 bits per heavy atom. The zero-order chi connectivity index (χ0) is 14.7. The molecule has 5 heteroatoms. The monoisotopic (exact) mass is 314 g/mol. The molecule has 1 saturated heterocycles. The van der Waals surface area contributed by atoms with Crippen molar-refractivity contribution in [1.82, 2.24) is 10.2 Å². The van der Waals surface area contributed by atoms with Crippen LogP contribution in [-0.4, -0.2) is 30.4 Å². The van der Waals surface area contributed by atoms with Crippen molar-refractivity contribution in [1.29, 1.82) is 0 Å². The van der Waals surface area contributed by atoms with Crippen LogP contribution in [0.5, 0.6) is 0 Å². The normalized spacial score (nSPS) is 22.6. The fourth-order valence-electron chi connectivity index (χ4n) is 2.72. The Balaban J connectivity index is 1.99. The maximum atomic E-state index is 12.5. The van der Waals surface area contributed by atoms with Crippen LogP contribution >= 0.6 is 23.2 Å². The van der Waals surface area contributed by atoms with Gasteiger partial charge < -0.3 is 10.2 Å². The lowest BCUT2D eigenvalue weighted by Gasteiger charge is -2.30. The van der Waals surface area contributed by atoms with Crippen molar-refractivity contribution in [2.45, 2.75) is 32.4 Å². The van der Waals surface area contributed by atoms with Gasteiger partial charge in [-0.05, 0) is 50.1 Å². The van der Waals surface area contributed by atoms with E-state index in [0.717, 1.165) is 24.9 Å². The van der Waals surface area contributed by atoms with E-state index < -0.39 is 0 Å². The number of hydrogen-bond donors (Lipinski definition) is 1. The van der Waals surface area contributed by atoms with Gasteiger partial charge in [0, 0.05) is 35.6 Å². The summed E-state index contributed by atoms with van der Waals surface area (Å²) in [7, 11) is 1.84. The molecule has 0 radical (unpaired) electrons. The predicted octanol–water partition coefficient (Wildman–Crippen LogP) is 3.34. The number of benzene rings is 1. The van der Waals surface area contributed by atoms with Crippen LogP contribution in [0.3, 0.4) is 0 Å². The van der Waals surface area contributed by atoms with Crippen LogP contribution in [0.25, 0.3) is 0 Å². The van der Waals surface area contributed by atoms with Crippen LogP contribution in [0, 0.1) is 5.92 Å². The van der Waals surface area contributed by atoms with E-state index in [-0.39, 0.29) is 11.8 Å².